The second-order valence-corrected chi connectivity index (χ2v) is 11.7. The molecule has 1 aliphatic heterocycles. The Bertz CT molecular complexity index is 1390. The summed E-state index contributed by atoms with van der Waals surface area (Å²) in [5.41, 5.74) is 3.07. The fourth-order valence-electron chi connectivity index (χ4n) is 4.66. The number of sulfonamides is 1. The molecule has 0 atom stereocenters. The van der Waals surface area contributed by atoms with Crippen LogP contribution in [0.3, 0.4) is 0 Å². The fourth-order valence-corrected chi connectivity index (χ4v) is 6.15. The highest BCUT2D eigenvalue weighted by molar-refractivity contribution is 7.89. The monoisotopic (exact) mass is 549 g/mol. The molecule has 1 aliphatic rings. The zero-order chi connectivity index (χ0) is 27.8. The summed E-state index contributed by atoms with van der Waals surface area (Å²) in [6, 6.07) is 21.3. The number of ether oxygens (including phenoxy) is 1. The molecule has 3 aromatic rings. The van der Waals surface area contributed by atoms with E-state index in [-0.39, 0.29) is 23.9 Å². The summed E-state index contributed by atoms with van der Waals surface area (Å²) in [5, 5.41) is 2.80. The van der Waals surface area contributed by atoms with Crippen LogP contribution < -0.4 is 10.1 Å². The molecule has 206 valence electrons. The van der Waals surface area contributed by atoms with E-state index >= 15 is 0 Å². The predicted octanol–water partition coefficient (Wildman–Crippen LogP) is 4.04. The first-order valence-electron chi connectivity index (χ1n) is 13.1. The summed E-state index contributed by atoms with van der Waals surface area (Å²) < 4.78 is 33.7. The minimum Gasteiger partial charge on any atom is -0.496 e. The van der Waals surface area contributed by atoms with Gasteiger partial charge in [-0.15, -0.1) is 0 Å². The highest BCUT2D eigenvalue weighted by atomic mass is 32.2. The molecule has 0 aliphatic carbocycles. The Labute approximate surface area is 230 Å². The zero-order valence-corrected chi connectivity index (χ0v) is 23.2. The van der Waals surface area contributed by atoms with Gasteiger partial charge in [-0.3, -0.25) is 9.59 Å². The van der Waals surface area contributed by atoms with E-state index in [4.69, 9.17) is 4.74 Å². The summed E-state index contributed by atoms with van der Waals surface area (Å²) in [7, 11) is -2.43. The van der Waals surface area contributed by atoms with Crippen molar-refractivity contribution < 1.29 is 22.7 Å². The van der Waals surface area contributed by atoms with Crippen molar-refractivity contribution >= 4 is 27.5 Å². The minimum absolute atomic E-state index is 0.105. The molecule has 1 saturated heterocycles. The van der Waals surface area contributed by atoms with Gasteiger partial charge in [0, 0.05) is 25.3 Å². The van der Waals surface area contributed by atoms with E-state index in [1.807, 2.05) is 47.4 Å². The molecule has 0 radical (unpaired) electrons. The lowest BCUT2D eigenvalue weighted by molar-refractivity contribution is -0.129. The number of aryl methyl sites for hydroxylation is 1. The normalized spacial score (nSPS) is 13.5. The van der Waals surface area contributed by atoms with Crippen LogP contribution >= 0.6 is 0 Å². The molecule has 2 amide bonds. The number of carbonyl (C=O) groups is 2. The largest absolute Gasteiger partial charge is 0.496 e. The third-order valence-corrected chi connectivity index (χ3v) is 8.71. The number of benzene rings is 3. The van der Waals surface area contributed by atoms with Crippen molar-refractivity contribution in [2.75, 3.05) is 38.6 Å². The van der Waals surface area contributed by atoms with Gasteiger partial charge in [-0.1, -0.05) is 42.5 Å². The van der Waals surface area contributed by atoms with Gasteiger partial charge in [-0.25, -0.2) is 8.42 Å². The molecule has 39 heavy (non-hydrogen) atoms. The van der Waals surface area contributed by atoms with Gasteiger partial charge in [0.15, 0.2) is 0 Å². The van der Waals surface area contributed by atoms with Crippen molar-refractivity contribution in [3.05, 3.63) is 89.5 Å². The summed E-state index contributed by atoms with van der Waals surface area (Å²) in [4.78, 5) is 27.4. The number of anilines is 1. The molecular weight excluding hydrogens is 514 g/mol. The Morgan fingerprint density at radius 2 is 1.64 bits per heavy atom. The number of nitrogens with one attached hydrogen (secondary N) is 1. The molecule has 0 spiro atoms. The van der Waals surface area contributed by atoms with Crippen molar-refractivity contribution in [3.63, 3.8) is 0 Å². The first kappa shape index (κ1) is 28.3. The van der Waals surface area contributed by atoms with Crippen molar-refractivity contribution in [2.45, 2.75) is 37.5 Å². The topological polar surface area (TPSA) is 96.0 Å². The van der Waals surface area contributed by atoms with E-state index in [2.05, 4.69) is 5.32 Å². The maximum Gasteiger partial charge on any atom is 0.243 e. The summed E-state index contributed by atoms with van der Waals surface area (Å²) in [6.45, 7) is 3.21. The Morgan fingerprint density at radius 3 is 2.28 bits per heavy atom. The Morgan fingerprint density at radius 1 is 0.949 bits per heavy atom. The average molecular weight is 550 g/mol. The molecule has 0 bridgehead atoms. The van der Waals surface area contributed by atoms with Crippen LogP contribution in [-0.2, 0) is 32.5 Å². The van der Waals surface area contributed by atoms with Gasteiger partial charge >= 0.3 is 0 Å². The number of amides is 2. The third kappa shape index (κ3) is 7.46. The van der Waals surface area contributed by atoms with Crippen LogP contribution in [0.4, 0.5) is 5.69 Å². The highest BCUT2D eigenvalue weighted by Crippen LogP contribution is 2.24. The van der Waals surface area contributed by atoms with Gasteiger partial charge in [-0.2, -0.15) is 4.31 Å². The lowest BCUT2D eigenvalue weighted by Gasteiger charge is -2.22. The average Bonchev–Trinajstić information content (AvgIpc) is 3.48. The second-order valence-electron chi connectivity index (χ2n) is 9.72. The number of hydrogen-bond donors (Lipinski definition) is 1. The maximum absolute atomic E-state index is 13.6. The summed E-state index contributed by atoms with van der Waals surface area (Å²) >= 11 is 0. The van der Waals surface area contributed by atoms with Crippen LogP contribution in [0.25, 0.3) is 0 Å². The van der Waals surface area contributed by atoms with Crippen molar-refractivity contribution in [1.82, 2.24) is 9.21 Å². The number of carbonyl (C=O) groups excluding carboxylic acids is 2. The van der Waals surface area contributed by atoms with Crippen molar-refractivity contribution in [1.29, 1.82) is 0 Å². The Hall–Kier alpha value is -3.69. The predicted molar refractivity (Wildman–Crippen MR) is 151 cm³/mol. The maximum atomic E-state index is 13.6. The van der Waals surface area contributed by atoms with Crippen LogP contribution in [0.1, 0.15) is 29.5 Å². The first-order valence-corrected chi connectivity index (χ1v) is 14.6. The molecule has 0 saturated carbocycles. The fraction of sp³-hybridized carbons (Fsp3) is 0.333. The molecule has 1 fully saturated rings. The number of hydrogen-bond acceptors (Lipinski definition) is 5. The van der Waals surface area contributed by atoms with Crippen molar-refractivity contribution in [2.24, 2.45) is 0 Å². The van der Waals surface area contributed by atoms with Gasteiger partial charge in [-0.05, 0) is 73.2 Å². The zero-order valence-electron chi connectivity index (χ0n) is 22.4. The molecule has 4 rings (SSSR count). The third-order valence-electron chi connectivity index (χ3n) is 6.87. The second kappa shape index (κ2) is 12.9. The number of likely N-dealkylation sites (tertiary alicyclic amines) is 1. The van der Waals surface area contributed by atoms with E-state index in [1.165, 1.54) is 17.5 Å². The van der Waals surface area contributed by atoms with Gasteiger partial charge in [0.25, 0.3) is 0 Å². The van der Waals surface area contributed by atoms with Gasteiger partial charge < -0.3 is 15.0 Å². The molecule has 0 unspecified atom stereocenters. The van der Waals surface area contributed by atoms with Crippen LogP contribution in [0.2, 0.25) is 0 Å². The molecular formula is C30H35N3O5S. The summed E-state index contributed by atoms with van der Waals surface area (Å²) in [5.74, 6) is 0.253. The lowest BCUT2D eigenvalue weighted by atomic mass is 10.1. The number of methoxy groups -OCH3 is 1. The quantitative estimate of drug-likeness (QED) is 0.390. The SMILES string of the molecule is COc1ccc(S(=O)(=O)N(CCc2ccccc2)CC(=O)Nc2ccc(CC(=O)N3CCCC3)cc2)cc1C. The van der Waals surface area contributed by atoms with Crippen molar-refractivity contribution in [3.8, 4) is 5.75 Å². The molecule has 3 aromatic carbocycles. The van der Waals surface area contributed by atoms with E-state index in [0.29, 0.717) is 29.8 Å². The lowest BCUT2D eigenvalue weighted by Crippen LogP contribution is -2.39. The number of rotatable bonds is 11. The molecule has 8 nitrogen and oxygen atoms in total. The number of nitrogens with zero attached hydrogens (tertiary/aromatic N) is 2. The van der Waals surface area contributed by atoms with Gasteiger partial charge in [0.2, 0.25) is 21.8 Å². The highest BCUT2D eigenvalue weighted by Gasteiger charge is 2.27. The molecule has 9 heteroatoms. The van der Waals surface area contributed by atoms with Crippen LogP contribution in [0.15, 0.2) is 77.7 Å². The minimum atomic E-state index is -3.96. The Kier molecular flexibility index (Phi) is 9.37. The van der Waals surface area contributed by atoms with Crippen LogP contribution in [0, 0.1) is 6.92 Å². The van der Waals surface area contributed by atoms with Gasteiger partial charge in [0.05, 0.1) is 25.0 Å². The molecule has 0 aromatic heterocycles. The van der Waals surface area contributed by atoms with Crippen LogP contribution in [-0.4, -0.2) is 62.7 Å². The smallest absolute Gasteiger partial charge is 0.243 e. The van der Waals surface area contributed by atoms with E-state index < -0.39 is 15.9 Å². The first-order chi connectivity index (χ1) is 18.8. The molecule has 1 heterocycles. The van der Waals surface area contributed by atoms with E-state index in [0.717, 1.165) is 37.1 Å². The Balaban J connectivity index is 1.45. The standard InChI is InChI=1S/C30H35N3O5S/c1-23-20-27(14-15-28(23)38-2)39(36,37)33(19-16-24-8-4-3-5-9-24)22-29(34)31-26-12-10-25(11-13-26)21-30(35)32-17-6-7-18-32/h3-5,8-15,20H,6-7,16-19,21-22H2,1-2H3,(H,31,34). The summed E-state index contributed by atoms with van der Waals surface area (Å²) in [6.07, 6.45) is 2.88. The van der Waals surface area contributed by atoms with E-state index in [9.17, 15) is 18.0 Å². The molecule has 1 N–H and O–H groups in total. The van der Waals surface area contributed by atoms with Crippen LogP contribution in [0.5, 0.6) is 5.75 Å². The van der Waals surface area contributed by atoms with E-state index in [1.54, 1.807) is 31.2 Å². The van der Waals surface area contributed by atoms with Gasteiger partial charge in [0.1, 0.15) is 5.75 Å².